The van der Waals surface area contributed by atoms with E-state index in [1.54, 1.807) is 7.05 Å². The number of rotatable bonds is 15. The van der Waals surface area contributed by atoms with Gasteiger partial charge in [-0.1, -0.05) is 91.0 Å². The zero-order valence-corrected chi connectivity index (χ0v) is 22.8. The standard InChI is InChI=1S/C26H30N6O3.Na/c1-30(27-33)21-26(24-15-9-4-10-16-24)32(29-35)20-25(19-23-13-7-3-8-14-23)31(28-34)18-17-22-11-5-2-6-12-22;/h2-16,25-26H,17-21H2,1H3;/q;+1. The predicted octanol–water partition coefficient (Wildman–Crippen LogP) is 2.17. The van der Waals surface area contributed by atoms with Crippen LogP contribution >= 0.6 is 0 Å². The molecule has 0 heterocycles. The molecule has 0 aliphatic heterocycles. The van der Waals surface area contributed by atoms with Gasteiger partial charge < -0.3 is 0 Å². The van der Waals surface area contributed by atoms with Crippen LogP contribution in [0.1, 0.15) is 22.7 Å². The van der Waals surface area contributed by atoms with Gasteiger partial charge in [0, 0.05) is 13.6 Å². The fraction of sp³-hybridized carbons (Fsp3) is 0.308. The van der Waals surface area contributed by atoms with Gasteiger partial charge in [0.05, 0.1) is 41.0 Å². The van der Waals surface area contributed by atoms with E-state index in [2.05, 4.69) is 15.9 Å². The van der Waals surface area contributed by atoms with Gasteiger partial charge in [-0.05, 0) is 29.5 Å². The second-order valence-electron chi connectivity index (χ2n) is 8.38. The maximum atomic E-state index is 12.1. The molecule has 0 saturated heterocycles. The molecule has 9 nitrogen and oxygen atoms in total. The number of hydrogen-bond acceptors (Lipinski definition) is 6. The summed E-state index contributed by atoms with van der Waals surface area (Å²) in [6, 6.07) is 28.0. The second kappa shape index (κ2) is 15.8. The van der Waals surface area contributed by atoms with E-state index in [-0.39, 0.29) is 42.6 Å². The van der Waals surface area contributed by atoms with Crippen LogP contribution in [0.3, 0.4) is 0 Å². The first-order chi connectivity index (χ1) is 17.1. The first kappa shape index (κ1) is 29.1. The van der Waals surface area contributed by atoms with E-state index in [1.165, 1.54) is 15.0 Å². The van der Waals surface area contributed by atoms with E-state index in [9.17, 15) is 14.7 Å². The van der Waals surface area contributed by atoms with Crippen molar-refractivity contribution in [3.8, 4) is 0 Å². The van der Waals surface area contributed by atoms with Crippen molar-refractivity contribution in [3.63, 3.8) is 0 Å². The molecule has 10 heteroatoms. The second-order valence-corrected chi connectivity index (χ2v) is 8.38. The molecule has 182 valence electrons. The summed E-state index contributed by atoms with van der Waals surface area (Å²) in [7, 11) is 1.55. The van der Waals surface area contributed by atoms with Crippen molar-refractivity contribution in [2.45, 2.75) is 24.9 Å². The summed E-state index contributed by atoms with van der Waals surface area (Å²) in [6.07, 6.45) is 1.13. The third-order valence-electron chi connectivity index (χ3n) is 5.94. The molecule has 0 saturated carbocycles. The summed E-state index contributed by atoms with van der Waals surface area (Å²) in [5.41, 5.74) is 2.92. The van der Waals surface area contributed by atoms with Gasteiger partial charge in [0.25, 0.3) is 0 Å². The third kappa shape index (κ3) is 8.82. The Balaban J connectivity index is 0.00000456. The molecule has 3 aromatic carbocycles. The average molecular weight is 498 g/mol. The number of nitrogens with zero attached hydrogens (tertiary/aromatic N) is 6. The van der Waals surface area contributed by atoms with Crippen LogP contribution in [-0.2, 0) is 12.8 Å². The molecule has 3 rings (SSSR count). The molecule has 0 amide bonds. The van der Waals surface area contributed by atoms with Crippen LogP contribution in [0.4, 0.5) is 0 Å². The van der Waals surface area contributed by atoms with Crippen LogP contribution in [-0.4, -0.2) is 47.8 Å². The monoisotopic (exact) mass is 497 g/mol. The molecule has 36 heavy (non-hydrogen) atoms. The van der Waals surface area contributed by atoms with Gasteiger partial charge in [0.2, 0.25) is 0 Å². The van der Waals surface area contributed by atoms with Crippen LogP contribution in [0.15, 0.2) is 107 Å². The Kier molecular flexibility index (Phi) is 12.7. The van der Waals surface area contributed by atoms with Gasteiger partial charge in [-0.2, -0.15) is 0 Å². The van der Waals surface area contributed by atoms with Gasteiger partial charge in [0.1, 0.15) is 0 Å². The topological polar surface area (TPSA) is 98.0 Å². The number of nitroso groups, excluding NO2 is 3. The Bertz CT molecular complexity index is 1050. The normalized spacial score (nSPS) is 11.9. The van der Waals surface area contributed by atoms with E-state index in [1.807, 2.05) is 91.0 Å². The van der Waals surface area contributed by atoms with Crippen molar-refractivity contribution >= 4 is 0 Å². The molecule has 0 spiro atoms. The summed E-state index contributed by atoms with van der Waals surface area (Å²) in [5.74, 6) is 0. The Hall–Kier alpha value is -3.14. The SMILES string of the molecule is CN(CC(c1ccccc1)N(CC(Cc1ccccc1)N(CCc1ccccc1)N=O)N=O)N=O.[Na+]. The summed E-state index contributed by atoms with van der Waals surface area (Å²) >= 11 is 0. The number of likely N-dealkylation sites (N-methyl/N-ethyl adjacent to an activating group) is 1. The maximum absolute atomic E-state index is 12.1. The van der Waals surface area contributed by atoms with Crippen molar-refractivity contribution in [2.75, 3.05) is 26.7 Å². The largest absolute Gasteiger partial charge is 1.00 e. The molecular weight excluding hydrogens is 467 g/mol. The van der Waals surface area contributed by atoms with Gasteiger partial charge >= 0.3 is 29.6 Å². The Morgan fingerprint density at radius 3 is 1.72 bits per heavy atom. The van der Waals surface area contributed by atoms with Gasteiger partial charge in [0.15, 0.2) is 0 Å². The van der Waals surface area contributed by atoms with Crippen molar-refractivity contribution in [1.82, 2.24) is 15.0 Å². The molecule has 0 bridgehead atoms. The average Bonchev–Trinajstić information content (AvgIpc) is 2.92. The van der Waals surface area contributed by atoms with Crippen molar-refractivity contribution in [2.24, 2.45) is 15.9 Å². The van der Waals surface area contributed by atoms with Crippen LogP contribution < -0.4 is 29.6 Å². The molecule has 0 N–H and O–H groups in total. The summed E-state index contributed by atoms with van der Waals surface area (Å²) in [5, 5.41) is 13.7. The van der Waals surface area contributed by atoms with E-state index in [0.29, 0.717) is 19.4 Å². The molecule has 0 aliphatic carbocycles. The van der Waals surface area contributed by atoms with Crippen molar-refractivity contribution in [1.29, 1.82) is 0 Å². The minimum atomic E-state index is -0.530. The molecule has 0 aromatic heterocycles. The van der Waals surface area contributed by atoms with Gasteiger partial charge in [-0.15, -0.1) is 14.7 Å². The molecule has 2 unspecified atom stereocenters. The zero-order chi connectivity index (χ0) is 24.9. The minimum absolute atomic E-state index is 0. The summed E-state index contributed by atoms with van der Waals surface area (Å²) < 4.78 is 0. The molecule has 2 atom stereocenters. The first-order valence-corrected chi connectivity index (χ1v) is 11.5. The fourth-order valence-corrected chi connectivity index (χ4v) is 4.09. The fourth-order valence-electron chi connectivity index (χ4n) is 4.09. The van der Waals surface area contributed by atoms with Crippen molar-refractivity contribution < 1.29 is 29.6 Å². The van der Waals surface area contributed by atoms with Crippen LogP contribution in [0.5, 0.6) is 0 Å². The Morgan fingerprint density at radius 2 is 1.19 bits per heavy atom. The van der Waals surface area contributed by atoms with E-state index in [4.69, 9.17) is 0 Å². The Morgan fingerprint density at radius 1 is 0.667 bits per heavy atom. The zero-order valence-electron chi connectivity index (χ0n) is 20.8. The van der Waals surface area contributed by atoms with Crippen LogP contribution in [0, 0.1) is 14.7 Å². The molecule has 0 radical (unpaired) electrons. The molecule has 3 aromatic rings. The number of benzene rings is 3. The molecule has 0 aliphatic rings. The summed E-state index contributed by atoms with van der Waals surface area (Å²) in [6.45, 7) is 0.699. The quantitative estimate of drug-likeness (QED) is 0.181. The predicted molar refractivity (Wildman–Crippen MR) is 137 cm³/mol. The van der Waals surface area contributed by atoms with Gasteiger partial charge in [-0.25, -0.2) is 5.01 Å². The number of hydrogen-bond donors (Lipinski definition) is 0. The van der Waals surface area contributed by atoms with Crippen LogP contribution in [0.2, 0.25) is 0 Å². The maximum Gasteiger partial charge on any atom is 1.00 e. The first-order valence-electron chi connectivity index (χ1n) is 11.5. The van der Waals surface area contributed by atoms with E-state index in [0.717, 1.165) is 16.7 Å². The van der Waals surface area contributed by atoms with Crippen molar-refractivity contribution in [3.05, 3.63) is 122 Å². The van der Waals surface area contributed by atoms with Crippen LogP contribution in [0.25, 0.3) is 0 Å². The molecular formula is C26H30N6NaO3+. The van der Waals surface area contributed by atoms with E-state index >= 15 is 0 Å². The summed E-state index contributed by atoms with van der Waals surface area (Å²) in [4.78, 5) is 35.2. The smallest absolute Gasteiger partial charge is 0.261 e. The Labute approximate surface area is 233 Å². The van der Waals surface area contributed by atoms with E-state index < -0.39 is 12.1 Å². The minimum Gasteiger partial charge on any atom is -0.261 e. The van der Waals surface area contributed by atoms with Gasteiger partial charge in [-0.3, -0.25) is 10.0 Å². The molecule has 0 fully saturated rings. The third-order valence-corrected chi connectivity index (χ3v) is 5.94.